The summed E-state index contributed by atoms with van der Waals surface area (Å²) < 4.78 is 5.15. The number of amidine groups is 1. The van der Waals surface area contributed by atoms with Gasteiger partial charge in [-0.15, -0.1) is 0 Å². The molecule has 4 nitrogen and oxygen atoms in total. The first-order valence-electron chi connectivity index (χ1n) is 8.41. The monoisotopic (exact) mass is 354 g/mol. The van der Waals surface area contributed by atoms with E-state index in [0.717, 1.165) is 35.2 Å². The zero-order valence-corrected chi connectivity index (χ0v) is 15.2. The van der Waals surface area contributed by atoms with Crippen LogP contribution in [0, 0.1) is 0 Å². The molecule has 0 bridgehead atoms. The lowest BCUT2D eigenvalue weighted by Gasteiger charge is -2.16. The molecule has 3 rings (SSSR count). The molecular weight excluding hydrogens is 332 g/mol. The summed E-state index contributed by atoms with van der Waals surface area (Å²) in [6, 6.07) is 17.9. The van der Waals surface area contributed by atoms with Crippen LogP contribution < -0.4 is 4.74 Å². The van der Waals surface area contributed by atoms with Gasteiger partial charge in [-0.3, -0.25) is 14.7 Å². The minimum absolute atomic E-state index is 0.105. The van der Waals surface area contributed by atoms with Gasteiger partial charge < -0.3 is 4.74 Å². The smallest absolute Gasteiger partial charge is 0.232 e. The van der Waals surface area contributed by atoms with Crippen LogP contribution in [0.25, 0.3) is 0 Å². The molecule has 0 saturated carbocycles. The summed E-state index contributed by atoms with van der Waals surface area (Å²) in [6.45, 7) is 1.45. The Bertz CT molecular complexity index is 729. The van der Waals surface area contributed by atoms with Crippen molar-refractivity contribution in [3.05, 3.63) is 65.7 Å². The van der Waals surface area contributed by atoms with E-state index in [1.54, 1.807) is 18.9 Å². The van der Waals surface area contributed by atoms with Crippen molar-refractivity contribution in [2.75, 3.05) is 26.0 Å². The first kappa shape index (κ1) is 17.5. The molecule has 2 aromatic carbocycles. The first-order chi connectivity index (χ1) is 12.3. The molecule has 1 aliphatic rings. The van der Waals surface area contributed by atoms with Crippen molar-refractivity contribution in [2.24, 2.45) is 4.99 Å². The van der Waals surface area contributed by atoms with Gasteiger partial charge in [0.2, 0.25) is 5.91 Å². The summed E-state index contributed by atoms with van der Waals surface area (Å²) in [5, 5.41) is 0.856. The molecule has 2 aromatic rings. The maximum atomic E-state index is 12.6. The SMILES string of the molecule is COc1ccc(CC(=O)N2CCSC2=NCCc2ccccc2)cc1. The van der Waals surface area contributed by atoms with Gasteiger partial charge in [0.05, 0.1) is 13.5 Å². The zero-order chi connectivity index (χ0) is 17.5. The minimum Gasteiger partial charge on any atom is -0.497 e. The highest BCUT2D eigenvalue weighted by atomic mass is 32.2. The van der Waals surface area contributed by atoms with E-state index in [0.29, 0.717) is 13.0 Å². The summed E-state index contributed by atoms with van der Waals surface area (Å²) in [4.78, 5) is 19.1. The van der Waals surface area contributed by atoms with Crippen molar-refractivity contribution >= 4 is 22.8 Å². The molecule has 130 valence electrons. The Balaban J connectivity index is 1.58. The van der Waals surface area contributed by atoms with Gasteiger partial charge in [-0.25, -0.2) is 0 Å². The molecule has 0 spiro atoms. The van der Waals surface area contributed by atoms with Crippen molar-refractivity contribution in [2.45, 2.75) is 12.8 Å². The van der Waals surface area contributed by atoms with Crippen LogP contribution in [-0.4, -0.2) is 41.9 Å². The maximum Gasteiger partial charge on any atom is 0.232 e. The molecule has 0 unspecified atom stereocenters. The lowest BCUT2D eigenvalue weighted by Crippen LogP contribution is -2.33. The van der Waals surface area contributed by atoms with Crippen LogP contribution in [0.5, 0.6) is 5.75 Å². The van der Waals surface area contributed by atoms with E-state index in [2.05, 4.69) is 17.1 Å². The fourth-order valence-electron chi connectivity index (χ4n) is 2.70. The number of ether oxygens (including phenoxy) is 1. The molecule has 0 aromatic heterocycles. The van der Waals surface area contributed by atoms with Gasteiger partial charge in [0, 0.05) is 18.8 Å². The third kappa shape index (κ3) is 4.86. The number of hydrogen-bond acceptors (Lipinski definition) is 4. The van der Waals surface area contributed by atoms with Gasteiger partial charge in [-0.1, -0.05) is 54.2 Å². The average molecular weight is 354 g/mol. The number of carbonyl (C=O) groups is 1. The Morgan fingerprint density at radius 1 is 1.12 bits per heavy atom. The largest absolute Gasteiger partial charge is 0.497 e. The van der Waals surface area contributed by atoms with E-state index in [1.165, 1.54) is 5.56 Å². The number of carbonyl (C=O) groups excluding carboxylic acids is 1. The second-order valence-electron chi connectivity index (χ2n) is 5.82. The predicted molar refractivity (Wildman–Crippen MR) is 103 cm³/mol. The Labute approximate surface area is 152 Å². The van der Waals surface area contributed by atoms with Crippen molar-refractivity contribution in [1.82, 2.24) is 4.90 Å². The molecule has 5 heteroatoms. The van der Waals surface area contributed by atoms with Gasteiger partial charge in [0.25, 0.3) is 0 Å². The molecule has 25 heavy (non-hydrogen) atoms. The van der Waals surface area contributed by atoms with Crippen LogP contribution in [0.1, 0.15) is 11.1 Å². The maximum absolute atomic E-state index is 12.6. The third-order valence-electron chi connectivity index (χ3n) is 4.08. The van der Waals surface area contributed by atoms with Crippen molar-refractivity contribution in [3.63, 3.8) is 0 Å². The van der Waals surface area contributed by atoms with Gasteiger partial charge in [0.1, 0.15) is 5.75 Å². The van der Waals surface area contributed by atoms with E-state index >= 15 is 0 Å². The molecule has 0 aliphatic carbocycles. The molecular formula is C20H22N2O2S. The lowest BCUT2D eigenvalue weighted by molar-refractivity contribution is -0.126. The van der Waals surface area contributed by atoms with Crippen molar-refractivity contribution in [1.29, 1.82) is 0 Å². The number of benzene rings is 2. The topological polar surface area (TPSA) is 41.9 Å². The average Bonchev–Trinajstić information content (AvgIpc) is 3.12. The van der Waals surface area contributed by atoms with E-state index in [1.807, 2.05) is 47.4 Å². The fourth-order valence-corrected chi connectivity index (χ4v) is 3.69. The Kier molecular flexibility index (Phi) is 6.12. The van der Waals surface area contributed by atoms with Crippen molar-refractivity contribution < 1.29 is 9.53 Å². The quantitative estimate of drug-likeness (QED) is 0.798. The van der Waals surface area contributed by atoms with Gasteiger partial charge in [0.15, 0.2) is 5.17 Å². The van der Waals surface area contributed by atoms with Crippen LogP contribution in [0.4, 0.5) is 0 Å². The standard InChI is InChI=1S/C20H22N2O2S/c1-24-18-9-7-17(8-10-18)15-19(23)22-13-14-25-20(22)21-12-11-16-5-3-2-4-6-16/h2-10H,11-15H2,1H3. The molecule has 1 fully saturated rings. The predicted octanol–water partition coefficient (Wildman–Crippen LogP) is 3.41. The summed E-state index contributed by atoms with van der Waals surface area (Å²) in [5.41, 5.74) is 2.26. The Hall–Kier alpha value is -2.27. The second kappa shape index (κ2) is 8.72. The third-order valence-corrected chi connectivity index (χ3v) is 5.08. The second-order valence-corrected chi connectivity index (χ2v) is 6.88. The van der Waals surface area contributed by atoms with E-state index < -0.39 is 0 Å². The van der Waals surface area contributed by atoms with E-state index in [-0.39, 0.29) is 5.91 Å². The van der Waals surface area contributed by atoms with Crippen molar-refractivity contribution in [3.8, 4) is 5.75 Å². The first-order valence-corrected chi connectivity index (χ1v) is 9.39. The normalized spacial score (nSPS) is 15.6. The number of nitrogens with zero attached hydrogens (tertiary/aromatic N) is 2. The van der Waals surface area contributed by atoms with Crippen LogP contribution >= 0.6 is 11.8 Å². The van der Waals surface area contributed by atoms with Gasteiger partial charge in [-0.05, 0) is 29.7 Å². The van der Waals surface area contributed by atoms with Gasteiger partial charge >= 0.3 is 0 Å². The highest BCUT2D eigenvalue weighted by Gasteiger charge is 2.25. The Morgan fingerprint density at radius 3 is 2.60 bits per heavy atom. The number of rotatable bonds is 6. The molecule has 0 atom stereocenters. The molecule has 1 aliphatic heterocycles. The number of aliphatic imine (C=N–C) groups is 1. The minimum atomic E-state index is 0.105. The van der Waals surface area contributed by atoms with Gasteiger partial charge in [-0.2, -0.15) is 0 Å². The molecule has 0 N–H and O–H groups in total. The van der Waals surface area contributed by atoms with Crippen LogP contribution in [0.2, 0.25) is 0 Å². The van der Waals surface area contributed by atoms with Crippen LogP contribution in [0.3, 0.4) is 0 Å². The van der Waals surface area contributed by atoms with E-state index in [4.69, 9.17) is 4.74 Å². The summed E-state index contributed by atoms with van der Waals surface area (Å²) in [6.07, 6.45) is 1.29. The zero-order valence-electron chi connectivity index (χ0n) is 14.4. The fraction of sp³-hybridized carbons (Fsp3) is 0.300. The van der Waals surface area contributed by atoms with Crippen LogP contribution in [0.15, 0.2) is 59.6 Å². The summed E-state index contributed by atoms with van der Waals surface area (Å²) in [7, 11) is 1.64. The highest BCUT2D eigenvalue weighted by molar-refractivity contribution is 8.14. The number of methoxy groups -OCH3 is 1. The lowest BCUT2D eigenvalue weighted by atomic mass is 10.1. The summed E-state index contributed by atoms with van der Waals surface area (Å²) >= 11 is 1.67. The van der Waals surface area contributed by atoms with E-state index in [9.17, 15) is 4.79 Å². The molecule has 1 amide bonds. The molecule has 1 saturated heterocycles. The van der Waals surface area contributed by atoms with Crippen LogP contribution in [-0.2, 0) is 17.6 Å². The number of thioether (sulfide) groups is 1. The molecule has 1 heterocycles. The summed E-state index contributed by atoms with van der Waals surface area (Å²) in [5.74, 6) is 1.82. The molecule has 0 radical (unpaired) electrons. The number of hydrogen-bond donors (Lipinski definition) is 0. The number of amides is 1. The Morgan fingerprint density at radius 2 is 1.88 bits per heavy atom. The highest BCUT2D eigenvalue weighted by Crippen LogP contribution is 2.20.